The van der Waals surface area contributed by atoms with E-state index in [0.717, 1.165) is 45.7 Å². The van der Waals surface area contributed by atoms with Gasteiger partial charge in [0.15, 0.2) is 0 Å². The molecule has 0 aliphatic carbocycles. The highest BCUT2D eigenvalue weighted by Crippen LogP contribution is 2.23. The molecule has 2 rings (SSSR count). The Bertz CT molecular complexity index is 329. The van der Waals surface area contributed by atoms with Gasteiger partial charge in [-0.05, 0) is 40.2 Å². The van der Waals surface area contributed by atoms with Crippen molar-refractivity contribution in [2.24, 2.45) is 0 Å². The molecule has 2 saturated heterocycles. The van der Waals surface area contributed by atoms with Gasteiger partial charge in [-0.15, -0.1) is 0 Å². The number of piperidine rings is 1. The molecular weight excluding hydrogens is 256 g/mol. The quantitative estimate of drug-likeness (QED) is 0.796. The van der Waals surface area contributed by atoms with Crippen molar-refractivity contribution in [1.82, 2.24) is 9.80 Å². The third-order valence-electron chi connectivity index (χ3n) is 4.04. The lowest BCUT2D eigenvalue weighted by atomic mass is 10.0. The van der Waals surface area contributed by atoms with Crippen molar-refractivity contribution >= 4 is 6.09 Å². The molecule has 0 N–H and O–H groups in total. The van der Waals surface area contributed by atoms with Gasteiger partial charge in [0.2, 0.25) is 0 Å². The van der Waals surface area contributed by atoms with Gasteiger partial charge in [-0.25, -0.2) is 4.79 Å². The lowest BCUT2D eigenvalue weighted by Gasteiger charge is -2.44. The Morgan fingerprint density at radius 3 is 2.25 bits per heavy atom. The summed E-state index contributed by atoms with van der Waals surface area (Å²) >= 11 is 0. The first-order valence-corrected chi connectivity index (χ1v) is 7.72. The highest BCUT2D eigenvalue weighted by molar-refractivity contribution is 5.68. The van der Waals surface area contributed by atoms with Gasteiger partial charge >= 0.3 is 6.09 Å². The van der Waals surface area contributed by atoms with E-state index < -0.39 is 5.60 Å². The molecule has 2 aliphatic heterocycles. The minimum atomic E-state index is -0.410. The van der Waals surface area contributed by atoms with Gasteiger partial charge in [0.05, 0.1) is 19.3 Å². The fraction of sp³-hybridized carbons (Fsp3) is 0.933. The summed E-state index contributed by atoms with van der Waals surface area (Å²) in [6.45, 7) is 12.3. The van der Waals surface area contributed by atoms with E-state index in [4.69, 9.17) is 9.47 Å². The van der Waals surface area contributed by atoms with Crippen LogP contribution < -0.4 is 0 Å². The summed E-state index contributed by atoms with van der Waals surface area (Å²) in [7, 11) is 0. The molecule has 2 aliphatic rings. The predicted molar refractivity (Wildman–Crippen MR) is 77.8 cm³/mol. The van der Waals surface area contributed by atoms with Gasteiger partial charge in [0.1, 0.15) is 5.60 Å². The molecule has 0 aromatic rings. The van der Waals surface area contributed by atoms with Crippen molar-refractivity contribution in [3.63, 3.8) is 0 Å². The first-order chi connectivity index (χ1) is 9.40. The molecule has 0 atom stereocenters. The molecule has 5 heteroatoms. The number of hydrogen-bond donors (Lipinski definition) is 0. The molecular formula is C15H28N2O3. The molecule has 0 aromatic carbocycles. The third kappa shape index (κ3) is 3.85. The number of carbonyl (C=O) groups excluding carboxylic acids is 1. The molecule has 116 valence electrons. The number of hydrogen-bond acceptors (Lipinski definition) is 4. The number of carbonyl (C=O) groups is 1. The molecule has 2 heterocycles. The fourth-order valence-electron chi connectivity index (χ4n) is 2.94. The monoisotopic (exact) mass is 284 g/mol. The summed E-state index contributed by atoms with van der Waals surface area (Å²) < 4.78 is 10.7. The zero-order valence-corrected chi connectivity index (χ0v) is 13.2. The van der Waals surface area contributed by atoms with Crippen molar-refractivity contribution in [3.8, 4) is 0 Å². The average molecular weight is 284 g/mol. The maximum Gasteiger partial charge on any atom is 0.410 e. The van der Waals surface area contributed by atoms with Crippen LogP contribution in [0.5, 0.6) is 0 Å². The van der Waals surface area contributed by atoms with Crippen molar-refractivity contribution in [3.05, 3.63) is 0 Å². The summed E-state index contributed by atoms with van der Waals surface area (Å²) in [5, 5.41) is 0. The van der Waals surface area contributed by atoms with Gasteiger partial charge < -0.3 is 14.4 Å². The number of likely N-dealkylation sites (N-methyl/N-ethyl adjacent to an activating group) is 1. The van der Waals surface area contributed by atoms with Crippen LogP contribution in [0, 0.1) is 0 Å². The minimum Gasteiger partial charge on any atom is -0.444 e. The Labute approximate surface area is 122 Å². The number of nitrogens with zero attached hydrogens (tertiary/aromatic N) is 2. The fourth-order valence-corrected chi connectivity index (χ4v) is 2.94. The van der Waals surface area contributed by atoms with Crippen LogP contribution in [0.15, 0.2) is 0 Å². The Kier molecular flexibility index (Phi) is 4.91. The molecule has 2 fully saturated rings. The summed E-state index contributed by atoms with van der Waals surface area (Å²) in [6.07, 6.45) is 1.89. The van der Waals surface area contributed by atoms with Crippen LogP contribution in [-0.4, -0.2) is 66.4 Å². The van der Waals surface area contributed by atoms with Gasteiger partial charge in [0.25, 0.3) is 0 Å². The van der Waals surface area contributed by atoms with E-state index in [1.807, 2.05) is 25.7 Å². The molecule has 20 heavy (non-hydrogen) atoms. The topological polar surface area (TPSA) is 42.0 Å². The van der Waals surface area contributed by atoms with Crippen molar-refractivity contribution in [2.75, 3.05) is 32.8 Å². The molecule has 0 radical (unpaired) electrons. The standard InChI is InChI=1S/C15H28N2O3/c1-5-17(13-10-19-11-13)12-6-8-16(9-7-12)14(18)20-15(2,3)4/h12-13H,5-11H2,1-4H3. The smallest absolute Gasteiger partial charge is 0.410 e. The van der Waals surface area contributed by atoms with E-state index in [1.165, 1.54) is 0 Å². The molecule has 0 saturated carbocycles. The van der Waals surface area contributed by atoms with Crippen LogP contribution in [0.25, 0.3) is 0 Å². The second-order valence-corrected chi connectivity index (χ2v) is 6.72. The molecule has 0 spiro atoms. The van der Waals surface area contributed by atoms with Crippen LogP contribution >= 0.6 is 0 Å². The van der Waals surface area contributed by atoms with Gasteiger partial charge in [-0.3, -0.25) is 4.90 Å². The van der Waals surface area contributed by atoms with E-state index >= 15 is 0 Å². The van der Waals surface area contributed by atoms with Crippen LogP contribution in [0.2, 0.25) is 0 Å². The average Bonchev–Trinajstić information content (AvgIpc) is 2.31. The third-order valence-corrected chi connectivity index (χ3v) is 4.04. The lowest BCUT2D eigenvalue weighted by molar-refractivity contribution is -0.0848. The number of ether oxygens (including phenoxy) is 2. The van der Waals surface area contributed by atoms with Gasteiger partial charge in [-0.1, -0.05) is 6.92 Å². The lowest BCUT2D eigenvalue weighted by Crippen LogP contribution is -2.56. The predicted octanol–water partition coefficient (Wildman–Crippen LogP) is 2.11. The number of amides is 1. The molecule has 0 aromatic heterocycles. The summed E-state index contributed by atoms with van der Waals surface area (Å²) in [5.41, 5.74) is -0.410. The summed E-state index contributed by atoms with van der Waals surface area (Å²) in [5.74, 6) is 0. The van der Waals surface area contributed by atoms with Gasteiger partial charge in [-0.2, -0.15) is 0 Å². The van der Waals surface area contributed by atoms with Crippen LogP contribution in [0.3, 0.4) is 0 Å². The largest absolute Gasteiger partial charge is 0.444 e. The van der Waals surface area contributed by atoms with E-state index in [1.54, 1.807) is 0 Å². The highest BCUT2D eigenvalue weighted by Gasteiger charge is 2.34. The number of likely N-dealkylation sites (tertiary alicyclic amines) is 1. The van der Waals surface area contributed by atoms with E-state index in [2.05, 4.69) is 11.8 Å². The maximum atomic E-state index is 12.0. The zero-order chi connectivity index (χ0) is 14.8. The van der Waals surface area contributed by atoms with Crippen LogP contribution in [0.1, 0.15) is 40.5 Å². The van der Waals surface area contributed by atoms with E-state index in [0.29, 0.717) is 12.1 Å². The minimum absolute atomic E-state index is 0.175. The normalized spacial score (nSPS) is 21.9. The van der Waals surface area contributed by atoms with E-state index in [9.17, 15) is 4.79 Å². The zero-order valence-electron chi connectivity index (χ0n) is 13.2. The Balaban J connectivity index is 1.80. The molecule has 5 nitrogen and oxygen atoms in total. The van der Waals surface area contributed by atoms with Crippen LogP contribution in [-0.2, 0) is 9.47 Å². The maximum absolute atomic E-state index is 12.0. The van der Waals surface area contributed by atoms with Crippen molar-refractivity contribution in [1.29, 1.82) is 0 Å². The molecule has 0 unspecified atom stereocenters. The SMILES string of the molecule is CCN(C1CCN(C(=O)OC(C)(C)C)CC1)C1COC1. The molecule has 1 amide bonds. The van der Waals surface area contributed by atoms with Crippen molar-refractivity contribution in [2.45, 2.75) is 58.2 Å². The summed E-state index contributed by atoms with van der Waals surface area (Å²) in [4.78, 5) is 16.4. The Hall–Kier alpha value is -0.810. The van der Waals surface area contributed by atoms with E-state index in [-0.39, 0.29) is 6.09 Å². The first kappa shape index (κ1) is 15.6. The Morgan fingerprint density at radius 1 is 1.25 bits per heavy atom. The Morgan fingerprint density at radius 2 is 1.85 bits per heavy atom. The van der Waals surface area contributed by atoms with Crippen LogP contribution in [0.4, 0.5) is 4.79 Å². The van der Waals surface area contributed by atoms with Crippen molar-refractivity contribution < 1.29 is 14.3 Å². The molecule has 0 bridgehead atoms. The second-order valence-electron chi connectivity index (χ2n) is 6.72. The van der Waals surface area contributed by atoms with Gasteiger partial charge in [0, 0.05) is 19.1 Å². The number of rotatable bonds is 3. The summed E-state index contributed by atoms with van der Waals surface area (Å²) in [6, 6.07) is 1.16. The second kappa shape index (κ2) is 6.31. The first-order valence-electron chi connectivity index (χ1n) is 7.72. The highest BCUT2D eigenvalue weighted by atomic mass is 16.6.